The van der Waals surface area contributed by atoms with Gasteiger partial charge in [-0.3, -0.25) is 10.3 Å². The average molecular weight is 272 g/mol. The van der Waals surface area contributed by atoms with Crippen LogP contribution in [0.4, 0.5) is 0 Å². The Kier molecular flexibility index (Phi) is 8.83. The summed E-state index contributed by atoms with van der Waals surface area (Å²) in [5.74, 6) is 0. The number of hydrogen-bond donors (Lipinski definition) is 2. The first-order chi connectivity index (χ1) is 8.80. The van der Waals surface area contributed by atoms with E-state index in [-0.39, 0.29) is 5.54 Å². The van der Waals surface area contributed by atoms with Crippen molar-refractivity contribution in [2.24, 2.45) is 0 Å². The molecule has 0 saturated heterocycles. The molecule has 116 valence electrons. The molecule has 0 aromatic carbocycles. The van der Waals surface area contributed by atoms with E-state index in [0.29, 0.717) is 12.1 Å². The van der Waals surface area contributed by atoms with Crippen LogP contribution in [-0.2, 0) is 0 Å². The Morgan fingerprint density at radius 3 is 2.16 bits per heavy atom. The second kappa shape index (κ2) is 8.90. The fraction of sp³-hybridized carbons (Fsp3) is 1.00. The molecule has 2 atom stereocenters. The molecule has 0 aliphatic rings. The molecule has 0 amide bonds. The first-order valence-corrected chi connectivity index (χ1v) is 7.69. The minimum absolute atomic E-state index is 0.125. The van der Waals surface area contributed by atoms with Gasteiger partial charge in [0, 0.05) is 44.3 Å². The lowest BCUT2D eigenvalue weighted by atomic mass is 9.93. The Morgan fingerprint density at radius 2 is 1.74 bits per heavy atom. The smallest absolute Gasteiger partial charge is 0.0275 e. The predicted molar refractivity (Wildman–Crippen MR) is 85.4 cm³/mol. The lowest BCUT2D eigenvalue weighted by molar-refractivity contribution is 0.0839. The minimum atomic E-state index is 0.125. The number of hydrogen-bond acceptors (Lipinski definition) is 4. The van der Waals surface area contributed by atoms with Crippen LogP contribution in [0.25, 0.3) is 0 Å². The molecule has 0 aromatic heterocycles. The summed E-state index contributed by atoms with van der Waals surface area (Å²) in [6.07, 6.45) is 1.19. The maximum Gasteiger partial charge on any atom is 0.0275 e. The van der Waals surface area contributed by atoms with Gasteiger partial charge in [-0.1, -0.05) is 13.8 Å². The van der Waals surface area contributed by atoms with E-state index in [0.717, 1.165) is 19.6 Å². The molecule has 0 saturated carbocycles. The van der Waals surface area contributed by atoms with Gasteiger partial charge in [-0.15, -0.1) is 0 Å². The van der Waals surface area contributed by atoms with Gasteiger partial charge < -0.3 is 5.32 Å². The number of nitrogens with zero attached hydrogens (tertiary/aromatic N) is 2. The van der Waals surface area contributed by atoms with Gasteiger partial charge in [0.2, 0.25) is 0 Å². The van der Waals surface area contributed by atoms with Crippen LogP contribution in [0.3, 0.4) is 0 Å². The van der Waals surface area contributed by atoms with Crippen molar-refractivity contribution >= 4 is 0 Å². The number of rotatable bonds is 10. The van der Waals surface area contributed by atoms with Crippen molar-refractivity contribution in [2.75, 3.05) is 33.7 Å². The molecular weight excluding hydrogens is 236 g/mol. The summed E-state index contributed by atoms with van der Waals surface area (Å²) in [7, 11) is 4.14. The highest BCUT2D eigenvalue weighted by Gasteiger charge is 2.30. The molecule has 0 fully saturated rings. The van der Waals surface area contributed by atoms with Crippen molar-refractivity contribution in [3.05, 3.63) is 0 Å². The van der Waals surface area contributed by atoms with Gasteiger partial charge in [0.05, 0.1) is 0 Å². The summed E-state index contributed by atoms with van der Waals surface area (Å²) in [4.78, 5) is 2.60. The van der Waals surface area contributed by atoms with E-state index in [1.165, 1.54) is 6.42 Å². The van der Waals surface area contributed by atoms with Gasteiger partial charge >= 0.3 is 0 Å². The van der Waals surface area contributed by atoms with Crippen LogP contribution in [0.5, 0.6) is 0 Å². The van der Waals surface area contributed by atoms with Crippen LogP contribution in [0.1, 0.15) is 48.0 Å². The van der Waals surface area contributed by atoms with Crippen molar-refractivity contribution in [1.82, 2.24) is 20.7 Å². The van der Waals surface area contributed by atoms with Crippen LogP contribution >= 0.6 is 0 Å². The molecule has 0 heterocycles. The van der Waals surface area contributed by atoms with Crippen molar-refractivity contribution < 1.29 is 0 Å². The quantitative estimate of drug-likeness (QED) is 0.595. The van der Waals surface area contributed by atoms with Crippen molar-refractivity contribution in [2.45, 2.75) is 65.6 Å². The largest absolute Gasteiger partial charge is 0.313 e. The summed E-state index contributed by atoms with van der Waals surface area (Å²) in [5.41, 5.74) is 3.56. The normalized spacial score (nSPS) is 16.1. The van der Waals surface area contributed by atoms with E-state index < -0.39 is 0 Å². The van der Waals surface area contributed by atoms with Gasteiger partial charge in [-0.25, -0.2) is 5.01 Å². The van der Waals surface area contributed by atoms with Crippen LogP contribution in [0.2, 0.25) is 0 Å². The monoisotopic (exact) mass is 272 g/mol. The van der Waals surface area contributed by atoms with E-state index >= 15 is 0 Å². The van der Waals surface area contributed by atoms with E-state index in [1.807, 2.05) is 0 Å². The van der Waals surface area contributed by atoms with E-state index in [9.17, 15) is 0 Å². The molecule has 0 bridgehead atoms. The zero-order valence-electron chi connectivity index (χ0n) is 14.4. The Balaban J connectivity index is 4.55. The summed E-state index contributed by atoms with van der Waals surface area (Å²) in [5, 5.41) is 5.58. The first-order valence-electron chi connectivity index (χ1n) is 7.69. The van der Waals surface area contributed by atoms with Crippen LogP contribution < -0.4 is 10.7 Å². The Bertz CT molecular complexity index is 230. The highest BCUT2D eigenvalue weighted by molar-refractivity contribution is 4.90. The van der Waals surface area contributed by atoms with Gasteiger partial charge in [0.25, 0.3) is 0 Å². The second-order valence-corrected chi connectivity index (χ2v) is 6.07. The van der Waals surface area contributed by atoms with Crippen LogP contribution in [0.15, 0.2) is 0 Å². The lowest BCUT2D eigenvalue weighted by Crippen LogP contribution is -2.58. The average Bonchev–Trinajstić information content (AvgIpc) is 2.41. The SMILES string of the molecule is CCC(C)N(CCNN(C)CC)C(C)C(C)(C)NC. The molecular formula is C15H36N4. The molecule has 0 rings (SSSR count). The molecule has 0 aromatic rings. The highest BCUT2D eigenvalue weighted by Crippen LogP contribution is 2.18. The number of hydrazine groups is 1. The number of nitrogens with one attached hydrogen (secondary N) is 2. The van der Waals surface area contributed by atoms with Gasteiger partial charge in [-0.05, 0) is 41.2 Å². The molecule has 0 spiro atoms. The van der Waals surface area contributed by atoms with Crippen LogP contribution in [-0.4, -0.2) is 61.3 Å². The van der Waals surface area contributed by atoms with E-state index in [2.05, 4.69) is 76.3 Å². The van der Waals surface area contributed by atoms with Crippen LogP contribution in [0, 0.1) is 0 Å². The third-order valence-corrected chi connectivity index (χ3v) is 4.57. The Hall–Kier alpha value is -0.160. The summed E-state index contributed by atoms with van der Waals surface area (Å²) in [6.45, 7) is 16.7. The van der Waals surface area contributed by atoms with Gasteiger partial charge in [0.15, 0.2) is 0 Å². The fourth-order valence-corrected chi connectivity index (χ4v) is 2.14. The van der Waals surface area contributed by atoms with Crippen molar-refractivity contribution in [1.29, 1.82) is 0 Å². The molecule has 0 aliphatic heterocycles. The van der Waals surface area contributed by atoms with Gasteiger partial charge in [-0.2, -0.15) is 0 Å². The topological polar surface area (TPSA) is 30.5 Å². The number of likely N-dealkylation sites (N-methyl/N-ethyl adjacent to an activating group) is 1. The standard InChI is InChI=1S/C15H36N4/c1-9-13(3)19(12-11-17-18(8)10-2)14(4)15(5,6)16-7/h13-14,16-17H,9-12H2,1-8H3. The molecule has 2 N–H and O–H groups in total. The third kappa shape index (κ3) is 6.21. The van der Waals surface area contributed by atoms with E-state index in [4.69, 9.17) is 0 Å². The maximum atomic E-state index is 3.44. The summed E-state index contributed by atoms with van der Waals surface area (Å²) >= 11 is 0. The molecule has 0 radical (unpaired) electrons. The van der Waals surface area contributed by atoms with Crippen molar-refractivity contribution in [3.8, 4) is 0 Å². The first kappa shape index (κ1) is 18.8. The highest BCUT2D eigenvalue weighted by atomic mass is 15.5. The molecule has 19 heavy (non-hydrogen) atoms. The van der Waals surface area contributed by atoms with E-state index in [1.54, 1.807) is 0 Å². The predicted octanol–water partition coefficient (Wildman–Crippen LogP) is 1.93. The zero-order valence-corrected chi connectivity index (χ0v) is 14.4. The van der Waals surface area contributed by atoms with Gasteiger partial charge in [0.1, 0.15) is 0 Å². The molecule has 2 unspecified atom stereocenters. The molecule has 4 nitrogen and oxygen atoms in total. The minimum Gasteiger partial charge on any atom is -0.313 e. The maximum absolute atomic E-state index is 3.44. The summed E-state index contributed by atoms with van der Waals surface area (Å²) in [6, 6.07) is 1.11. The second-order valence-electron chi connectivity index (χ2n) is 6.07. The third-order valence-electron chi connectivity index (χ3n) is 4.57. The Morgan fingerprint density at radius 1 is 1.16 bits per heavy atom. The lowest BCUT2D eigenvalue weighted by Gasteiger charge is -2.43. The zero-order chi connectivity index (χ0) is 15.1. The molecule has 4 heteroatoms. The molecule has 0 aliphatic carbocycles. The van der Waals surface area contributed by atoms with Crippen molar-refractivity contribution in [3.63, 3.8) is 0 Å². The fourth-order valence-electron chi connectivity index (χ4n) is 2.14. The Labute approximate surface area is 120 Å². The summed E-state index contributed by atoms with van der Waals surface area (Å²) < 4.78 is 0.